The summed E-state index contributed by atoms with van der Waals surface area (Å²) in [5.41, 5.74) is 0.539. The second-order valence-corrected chi connectivity index (χ2v) is 4.97. The summed E-state index contributed by atoms with van der Waals surface area (Å²) in [6, 6.07) is 8.70. The molecule has 0 saturated carbocycles. The van der Waals surface area contributed by atoms with Gasteiger partial charge in [0.1, 0.15) is 0 Å². The number of benzene rings is 1. The van der Waals surface area contributed by atoms with Crippen LogP contribution in [0.3, 0.4) is 0 Å². The predicted molar refractivity (Wildman–Crippen MR) is 75.2 cm³/mol. The first-order chi connectivity index (χ1) is 9.72. The number of likely N-dealkylation sites (tertiary alicyclic amines) is 1. The lowest BCUT2D eigenvalue weighted by atomic mass is 10.0. The van der Waals surface area contributed by atoms with Gasteiger partial charge in [0.15, 0.2) is 0 Å². The van der Waals surface area contributed by atoms with Crippen LogP contribution in [-0.2, 0) is 4.79 Å². The fraction of sp³-hybridized carbons (Fsp3) is 0.467. The van der Waals surface area contributed by atoms with Crippen LogP contribution >= 0.6 is 0 Å². The van der Waals surface area contributed by atoms with Crippen LogP contribution in [-0.4, -0.2) is 47.6 Å². The van der Waals surface area contributed by atoms with Crippen LogP contribution < -0.4 is 5.32 Å². The minimum Gasteiger partial charge on any atom is -0.394 e. The molecule has 1 heterocycles. The Bertz CT molecular complexity index is 461. The predicted octanol–water partition coefficient (Wildman–Crippen LogP) is 0.790. The molecule has 5 nitrogen and oxygen atoms in total. The third-order valence-corrected chi connectivity index (χ3v) is 3.59. The van der Waals surface area contributed by atoms with Gasteiger partial charge >= 0.3 is 0 Å². The van der Waals surface area contributed by atoms with Crippen molar-refractivity contribution < 1.29 is 14.7 Å². The molecular weight excluding hydrogens is 256 g/mol. The zero-order valence-electron chi connectivity index (χ0n) is 11.4. The number of hydrogen-bond donors (Lipinski definition) is 2. The van der Waals surface area contributed by atoms with E-state index in [2.05, 4.69) is 5.32 Å². The summed E-state index contributed by atoms with van der Waals surface area (Å²) in [6.07, 6.45) is 2.81. The molecule has 1 saturated heterocycles. The van der Waals surface area contributed by atoms with Crippen molar-refractivity contribution in [3.05, 3.63) is 35.9 Å². The van der Waals surface area contributed by atoms with Gasteiger partial charge < -0.3 is 15.3 Å². The van der Waals surface area contributed by atoms with Crippen molar-refractivity contribution in [2.24, 2.45) is 0 Å². The monoisotopic (exact) mass is 276 g/mol. The maximum atomic E-state index is 12.1. The Labute approximate surface area is 118 Å². The second-order valence-electron chi connectivity index (χ2n) is 4.97. The second kappa shape index (κ2) is 7.05. The number of aliphatic hydroxyl groups is 1. The first-order valence-electron chi connectivity index (χ1n) is 6.96. The Morgan fingerprint density at radius 1 is 1.25 bits per heavy atom. The van der Waals surface area contributed by atoms with Crippen molar-refractivity contribution in [1.82, 2.24) is 10.2 Å². The van der Waals surface area contributed by atoms with Gasteiger partial charge in [-0.15, -0.1) is 0 Å². The smallest absolute Gasteiger partial charge is 0.251 e. The molecule has 0 radical (unpaired) electrons. The lowest BCUT2D eigenvalue weighted by molar-refractivity contribution is -0.134. The molecule has 1 aromatic carbocycles. The van der Waals surface area contributed by atoms with E-state index in [4.69, 9.17) is 0 Å². The Kier molecular flexibility index (Phi) is 5.12. The van der Waals surface area contributed by atoms with Crippen molar-refractivity contribution in [2.45, 2.75) is 25.3 Å². The molecule has 2 N–H and O–H groups in total. The molecule has 5 heteroatoms. The molecule has 0 bridgehead atoms. The normalized spacial score (nSPS) is 18.6. The fourth-order valence-electron chi connectivity index (χ4n) is 2.47. The van der Waals surface area contributed by atoms with Gasteiger partial charge in [0, 0.05) is 12.1 Å². The van der Waals surface area contributed by atoms with Crippen LogP contribution in [0, 0.1) is 0 Å². The molecule has 1 aliphatic heterocycles. The number of carbonyl (C=O) groups excluding carboxylic acids is 2. The molecule has 2 rings (SSSR count). The van der Waals surface area contributed by atoms with Crippen molar-refractivity contribution in [2.75, 3.05) is 19.7 Å². The first-order valence-corrected chi connectivity index (χ1v) is 6.96. The molecule has 1 fully saturated rings. The Hall–Kier alpha value is -1.88. The topological polar surface area (TPSA) is 69.6 Å². The van der Waals surface area contributed by atoms with Gasteiger partial charge in [-0.3, -0.25) is 9.59 Å². The van der Waals surface area contributed by atoms with E-state index in [1.165, 1.54) is 0 Å². The molecule has 0 aromatic heterocycles. The van der Waals surface area contributed by atoms with E-state index >= 15 is 0 Å². The van der Waals surface area contributed by atoms with Crippen LogP contribution in [0.15, 0.2) is 30.3 Å². The van der Waals surface area contributed by atoms with Gasteiger partial charge in [0.05, 0.1) is 19.2 Å². The van der Waals surface area contributed by atoms with E-state index in [1.807, 2.05) is 6.07 Å². The fourth-order valence-corrected chi connectivity index (χ4v) is 2.47. The van der Waals surface area contributed by atoms with E-state index in [0.717, 1.165) is 19.3 Å². The number of nitrogens with zero attached hydrogens (tertiary/aromatic N) is 1. The lowest BCUT2D eigenvalue weighted by Gasteiger charge is -2.34. The highest BCUT2D eigenvalue weighted by Gasteiger charge is 2.25. The summed E-state index contributed by atoms with van der Waals surface area (Å²) in [7, 11) is 0. The van der Waals surface area contributed by atoms with E-state index in [-0.39, 0.29) is 31.0 Å². The molecule has 0 spiro atoms. The highest BCUT2D eigenvalue weighted by molar-refractivity contribution is 5.96. The molecule has 2 amide bonds. The van der Waals surface area contributed by atoms with Gasteiger partial charge in [-0.25, -0.2) is 0 Å². The van der Waals surface area contributed by atoms with E-state index in [9.17, 15) is 14.7 Å². The third-order valence-electron chi connectivity index (χ3n) is 3.59. The molecule has 1 aliphatic rings. The first kappa shape index (κ1) is 14.5. The number of nitrogens with one attached hydrogen (secondary N) is 1. The highest BCUT2D eigenvalue weighted by atomic mass is 16.3. The molecular formula is C15H20N2O3. The van der Waals surface area contributed by atoms with Crippen molar-refractivity contribution in [3.63, 3.8) is 0 Å². The summed E-state index contributed by atoms with van der Waals surface area (Å²) in [4.78, 5) is 25.6. The van der Waals surface area contributed by atoms with Crippen molar-refractivity contribution >= 4 is 11.8 Å². The third kappa shape index (κ3) is 3.57. The number of aliphatic hydroxyl groups excluding tert-OH is 1. The molecule has 20 heavy (non-hydrogen) atoms. The summed E-state index contributed by atoms with van der Waals surface area (Å²) in [6.45, 7) is 0.619. The van der Waals surface area contributed by atoms with E-state index in [1.54, 1.807) is 29.2 Å². The Morgan fingerprint density at radius 3 is 2.70 bits per heavy atom. The summed E-state index contributed by atoms with van der Waals surface area (Å²) < 4.78 is 0. The maximum Gasteiger partial charge on any atom is 0.251 e. The average molecular weight is 276 g/mol. The summed E-state index contributed by atoms with van der Waals surface area (Å²) in [5, 5.41) is 11.9. The number of piperidine rings is 1. The van der Waals surface area contributed by atoms with Crippen LogP contribution in [0.1, 0.15) is 29.6 Å². The average Bonchev–Trinajstić information content (AvgIpc) is 2.53. The number of amides is 2. The van der Waals surface area contributed by atoms with Crippen LogP contribution in [0.2, 0.25) is 0 Å². The van der Waals surface area contributed by atoms with E-state index in [0.29, 0.717) is 12.1 Å². The van der Waals surface area contributed by atoms with Gasteiger partial charge in [-0.1, -0.05) is 18.2 Å². The zero-order valence-corrected chi connectivity index (χ0v) is 11.4. The highest BCUT2D eigenvalue weighted by Crippen LogP contribution is 2.16. The molecule has 1 unspecified atom stereocenters. The van der Waals surface area contributed by atoms with Crippen molar-refractivity contribution in [3.8, 4) is 0 Å². The minimum absolute atomic E-state index is 0.0155. The Morgan fingerprint density at radius 2 is 2.00 bits per heavy atom. The lowest BCUT2D eigenvalue weighted by Crippen LogP contribution is -2.49. The van der Waals surface area contributed by atoms with Crippen LogP contribution in [0.25, 0.3) is 0 Å². The molecule has 1 atom stereocenters. The standard InChI is InChI=1S/C15H20N2O3/c18-11-13-8-4-5-9-17(13)14(19)10-16-15(20)12-6-2-1-3-7-12/h1-3,6-7,13,18H,4-5,8-11H2,(H,16,20). The minimum atomic E-state index is -0.253. The van der Waals surface area contributed by atoms with E-state index < -0.39 is 0 Å². The van der Waals surface area contributed by atoms with Gasteiger partial charge in [0.25, 0.3) is 5.91 Å². The van der Waals surface area contributed by atoms with Gasteiger partial charge in [-0.05, 0) is 31.4 Å². The molecule has 0 aliphatic carbocycles. The molecule has 1 aromatic rings. The Balaban J connectivity index is 1.87. The summed E-state index contributed by atoms with van der Waals surface area (Å²) in [5.74, 6) is -0.385. The van der Waals surface area contributed by atoms with Gasteiger partial charge in [-0.2, -0.15) is 0 Å². The van der Waals surface area contributed by atoms with Crippen LogP contribution in [0.4, 0.5) is 0 Å². The number of hydrogen-bond acceptors (Lipinski definition) is 3. The number of rotatable bonds is 4. The van der Waals surface area contributed by atoms with Gasteiger partial charge in [0.2, 0.25) is 5.91 Å². The largest absolute Gasteiger partial charge is 0.394 e. The van der Waals surface area contributed by atoms with Crippen LogP contribution in [0.5, 0.6) is 0 Å². The van der Waals surface area contributed by atoms with Crippen molar-refractivity contribution in [1.29, 1.82) is 0 Å². The quantitative estimate of drug-likeness (QED) is 0.854. The SMILES string of the molecule is O=C(NCC(=O)N1CCCCC1CO)c1ccccc1. The number of carbonyl (C=O) groups is 2. The summed E-state index contributed by atoms with van der Waals surface area (Å²) >= 11 is 0. The molecule has 108 valence electrons. The zero-order chi connectivity index (χ0) is 14.4. The maximum absolute atomic E-state index is 12.1.